The number of rotatable bonds is 10. The molecule has 2 saturated carbocycles. The molecule has 1 N–H and O–H groups in total. The van der Waals surface area contributed by atoms with Crippen LogP contribution in [0.4, 0.5) is 0 Å². The van der Waals surface area contributed by atoms with Gasteiger partial charge in [0, 0.05) is 12.6 Å². The van der Waals surface area contributed by atoms with Crippen LogP contribution in [0.2, 0.25) is 0 Å². The minimum atomic E-state index is -0.149. The molecule has 0 spiro atoms. The molecule has 1 saturated heterocycles. The summed E-state index contributed by atoms with van der Waals surface area (Å²) in [4.78, 5) is 12.7. The van der Waals surface area contributed by atoms with Crippen molar-refractivity contribution >= 4 is 5.91 Å². The molecule has 1 aromatic carbocycles. The van der Waals surface area contributed by atoms with Crippen molar-refractivity contribution in [2.24, 2.45) is 0 Å². The summed E-state index contributed by atoms with van der Waals surface area (Å²) in [7, 11) is 0. The molecule has 1 unspecified atom stereocenters. The number of benzene rings is 1. The smallest absolute Gasteiger partial charge is 0.286 e. The third kappa shape index (κ3) is 7.06. The topological polar surface area (TPSA) is 66.0 Å². The summed E-state index contributed by atoms with van der Waals surface area (Å²) in [5.41, 5.74) is 1.36. The molecule has 176 valence electrons. The van der Waals surface area contributed by atoms with Gasteiger partial charge in [-0.3, -0.25) is 4.79 Å². The van der Waals surface area contributed by atoms with E-state index in [0.717, 1.165) is 45.1 Å². The summed E-state index contributed by atoms with van der Waals surface area (Å²) in [6.07, 6.45) is 11.5. The normalized spacial score (nSPS) is 26.5. The first kappa shape index (κ1) is 23.3. The van der Waals surface area contributed by atoms with Crippen LogP contribution in [0.3, 0.4) is 0 Å². The summed E-state index contributed by atoms with van der Waals surface area (Å²) >= 11 is 0. The van der Waals surface area contributed by atoms with E-state index in [2.05, 4.69) is 17.4 Å². The van der Waals surface area contributed by atoms with Gasteiger partial charge in [0.15, 0.2) is 12.0 Å². The zero-order chi connectivity index (χ0) is 22.2. The van der Waals surface area contributed by atoms with Gasteiger partial charge in [-0.05, 0) is 94.4 Å². The maximum atomic E-state index is 12.7. The van der Waals surface area contributed by atoms with Gasteiger partial charge in [-0.25, -0.2) is 0 Å². The van der Waals surface area contributed by atoms with E-state index in [4.69, 9.17) is 18.9 Å². The van der Waals surface area contributed by atoms with Gasteiger partial charge >= 0.3 is 0 Å². The van der Waals surface area contributed by atoms with E-state index in [9.17, 15) is 4.79 Å². The molecule has 1 aromatic rings. The van der Waals surface area contributed by atoms with Gasteiger partial charge in [-0.15, -0.1) is 0 Å². The fourth-order valence-corrected chi connectivity index (χ4v) is 4.46. The Morgan fingerprint density at radius 3 is 2.41 bits per heavy atom. The number of allylic oxidation sites excluding steroid dienone is 1. The highest BCUT2D eigenvalue weighted by atomic mass is 16.7. The molecular formula is C26H37NO5. The Kier molecular flexibility index (Phi) is 8.60. The van der Waals surface area contributed by atoms with E-state index in [0.29, 0.717) is 30.6 Å². The minimum absolute atomic E-state index is 0.0579. The fourth-order valence-electron chi connectivity index (χ4n) is 4.46. The van der Waals surface area contributed by atoms with Gasteiger partial charge < -0.3 is 24.3 Å². The van der Waals surface area contributed by atoms with Crippen molar-refractivity contribution in [3.63, 3.8) is 0 Å². The van der Waals surface area contributed by atoms with E-state index >= 15 is 0 Å². The van der Waals surface area contributed by atoms with Crippen molar-refractivity contribution in [3.05, 3.63) is 41.7 Å². The lowest BCUT2D eigenvalue weighted by Gasteiger charge is -2.29. The Hall–Kier alpha value is -1.89. The third-order valence-corrected chi connectivity index (χ3v) is 6.53. The molecule has 1 amide bonds. The van der Waals surface area contributed by atoms with Crippen LogP contribution in [0.25, 0.3) is 0 Å². The molecule has 3 aliphatic rings. The fraction of sp³-hybridized carbons (Fsp3) is 0.654. The Morgan fingerprint density at radius 1 is 1.00 bits per heavy atom. The Balaban J connectivity index is 1.12. The average Bonchev–Trinajstić information content (AvgIpc) is 3.68. The molecule has 1 atom stereocenters. The van der Waals surface area contributed by atoms with Gasteiger partial charge in [0.2, 0.25) is 0 Å². The minimum Gasteiger partial charge on any atom is -0.452 e. The van der Waals surface area contributed by atoms with Crippen molar-refractivity contribution in [1.82, 2.24) is 5.32 Å². The molecule has 3 fully saturated rings. The maximum Gasteiger partial charge on any atom is 0.286 e. The molecule has 0 radical (unpaired) electrons. The monoisotopic (exact) mass is 443 g/mol. The first-order chi connectivity index (χ1) is 15.7. The number of carbonyl (C=O) groups excluding carboxylic acids is 1. The summed E-state index contributed by atoms with van der Waals surface area (Å²) in [5, 5.41) is 3.13. The van der Waals surface area contributed by atoms with Gasteiger partial charge in [0.05, 0.1) is 19.3 Å². The lowest BCUT2D eigenvalue weighted by Crippen LogP contribution is -2.40. The number of nitrogens with one attached hydrogen (secondary N) is 1. The number of hydrogen-bond donors (Lipinski definition) is 1. The largest absolute Gasteiger partial charge is 0.452 e. The van der Waals surface area contributed by atoms with Gasteiger partial charge in [0.25, 0.3) is 5.91 Å². The molecule has 4 rings (SSSR count). The van der Waals surface area contributed by atoms with Crippen molar-refractivity contribution < 1.29 is 23.7 Å². The van der Waals surface area contributed by atoms with Crippen molar-refractivity contribution in [2.75, 3.05) is 19.8 Å². The quantitative estimate of drug-likeness (QED) is 0.319. The molecular weight excluding hydrogens is 406 g/mol. The van der Waals surface area contributed by atoms with Crippen LogP contribution in [0.5, 0.6) is 5.75 Å². The summed E-state index contributed by atoms with van der Waals surface area (Å²) in [6, 6.07) is 8.28. The second-order valence-corrected chi connectivity index (χ2v) is 9.08. The predicted molar refractivity (Wildman–Crippen MR) is 122 cm³/mol. The highest BCUT2D eigenvalue weighted by Gasteiger charge is 2.25. The standard InChI is InChI=1S/C26H37NO5/c1-2-24(32-23-12-8-20(9-13-23)19-6-7-19)26(28)27-21-10-14-22(15-11-21)29-17-18-31-25-5-3-4-16-30-25/h2,8-9,12-13,19,21-22,25H,3-7,10-11,14-18H2,1H3,(H,27,28)/b24-2+/t21-,22-,25?. The molecule has 1 aliphatic heterocycles. The Labute approximate surface area is 191 Å². The first-order valence-corrected chi connectivity index (χ1v) is 12.3. The van der Waals surface area contributed by atoms with Gasteiger partial charge in [-0.2, -0.15) is 0 Å². The van der Waals surface area contributed by atoms with E-state index < -0.39 is 0 Å². The Morgan fingerprint density at radius 2 is 1.75 bits per heavy atom. The van der Waals surface area contributed by atoms with Crippen LogP contribution < -0.4 is 10.1 Å². The molecule has 6 heteroatoms. The highest BCUT2D eigenvalue weighted by Crippen LogP contribution is 2.40. The third-order valence-electron chi connectivity index (χ3n) is 6.53. The summed E-state index contributed by atoms with van der Waals surface area (Å²) < 4.78 is 23.1. The van der Waals surface area contributed by atoms with Crippen molar-refractivity contribution in [2.45, 2.75) is 89.1 Å². The lowest BCUT2D eigenvalue weighted by molar-refractivity contribution is -0.172. The van der Waals surface area contributed by atoms with E-state index in [-0.39, 0.29) is 24.3 Å². The number of amides is 1. The van der Waals surface area contributed by atoms with Crippen LogP contribution in [0.1, 0.15) is 76.2 Å². The molecule has 2 aliphatic carbocycles. The van der Waals surface area contributed by atoms with Crippen LogP contribution in [0, 0.1) is 0 Å². The van der Waals surface area contributed by atoms with Gasteiger partial charge in [-0.1, -0.05) is 12.1 Å². The first-order valence-electron chi connectivity index (χ1n) is 12.3. The zero-order valence-corrected chi connectivity index (χ0v) is 19.2. The zero-order valence-electron chi connectivity index (χ0n) is 19.2. The van der Waals surface area contributed by atoms with Crippen LogP contribution in [-0.2, 0) is 19.0 Å². The molecule has 6 nitrogen and oxygen atoms in total. The van der Waals surface area contributed by atoms with Crippen LogP contribution in [0.15, 0.2) is 36.1 Å². The molecule has 0 aromatic heterocycles. The summed E-state index contributed by atoms with van der Waals surface area (Å²) in [6.45, 7) is 3.80. The second kappa shape index (κ2) is 11.8. The van der Waals surface area contributed by atoms with Crippen LogP contribution >= 0.6 is 0 Å². The number of hydrogen-bond acceptors (Lipinski definition) is 5. The second-order valence-electron chi connectivity index (χ2n) is 9.08. The highest BCUT2D eigenvalue weighted by molar-refractivity contribution is 5.92. The lowest BCUT2D eigenvalue weighted by atomic mass is 9.93. The molecule has 1 heterocycles. The maximum absolute atomic E-state index is 12.7. The van der Waals surface area contributed by atoms with Crippen LogP contribution in [-0.4, -0.2) is 44.2 Å². The molecule has 0 bridgehead atoms. The van der Waals surface area contributed by atoms with E-state index in [1.807, 2.05) is 19.1 Å². The SMILES string of the molecule is C/C=C(/Oc1ccc(C2CC2)cc1)C(=O)N[C@H]1CC[C@H](OCCOC2CCCCO2)CC1. The van der Waals surface area contributed by atoms with Crippen molar-refractivity contribution in [3.8, 4) is 5.75 Å². The summed E-state index contributed by atoms with van der Waals surface area (Å²) in [5.74, 6) is 1.62. The molecule has 32 heavy (non-hydrogen) atoms. The van der Waals surface area contributed by atoms with Crippen molar-refractivity contribution in [1.29, 1.82) is 0 Å². The predicted octanol–water partition coefficient (Wildman–Crippen LogP) is 4.83. The number of ether oxygens (including phenoxy) is 4. The average molecular weight is 444 g/mol. The Bertz CT molecular complexity index is 744. The van der Waals surface area contributed by atoms with E-state index in [1.165, 1.54) is 24.8 Å². The number of carbonyl (C=O) groups is 1. The van der Waals surface area contributed by atoms with E-state index in [1.54, 1.807) is 6.08 Å². The van der Waals surface area contributed by atoms with Gasteiger partial charge in [0.1, 0.15) is 5.75 Å².